The third-order valence-electron chi connectivity index (χ3n) is 2.83. The normalized spacial score (nSPS) is 26.8. The van der Waals surface area contributed by atoms with Crippen LogP contribution in [-0.4, -0.2) is 65.9 Å². The number of nitrogens with zero attached hydrogens (tertiary/aromatic N) is 1. The maximum Gasteiger partial charge on any atom is 0.325 e. The average molecular weight is 281 g/mol. The molecule has 104 valence electrons. The minimum Gasteiger partial charge on any atom is -0.480 e. The van der Waals surface area contributed by atoms with Gasteiger partial charge in [0.25, 0.3) is 0 Å². The summed E-state index contributed by atoms with van der Waals surface area (Å²) >= 11 is 0. The van der Waals surface area contributed by atoms with Gasteiger partial charge in [0.15, 0.2) is 5.25 Å². The molecule has 0 radical (unpaired) electrons. The smallest absolute Gasteiger partial charge is 0.325 e. The highest BCUT2D eigenvalue weighted by atomic mass is 32.2. The number of ether oxygens (including phenoxy) is 1. The molecule has 3 atom stereocenters. The molecule has 1 fully saturated rings. The van der Waals surface area contributed by atoms with Crippen molar-refractivity contribution in [2.45, 2.75) is 30.7 Å². The Kier molecular flexibility index (Phi) is 4.30. The Labute approximate surface area is 104 Å². The van der Waals surface area contributed by atoms with Crippen molar-refractivity contribution < 1.29 is 33.0 Å². The molecule has 0 aromatic carbocycles. The number of sulfonamides is 1. The lowest BCUT2D eigenvalue weighted by molar-refractivity contribution is -0.142. The molecular weight excluding hydrogens is 266 g/mol. The van der Waals surface area contributed by atoms with Crippen molar-refractivity contribution in [3.05, 3.63) is 0 Å². The molecule has 1 aliphatic rings. The van der Waals surface area contributed by atoms with Gasteiger partial charge in [-0.25, -0.2) is 8.42 Å². The second-order valence-electron chi connectivity index (χ2n) is 4.02. The van der Waals surface area contributed by atoms with Crippen LogP contribution in [0.25, 0.3) is 0 Å². The number of rotatable bonds is 4. The van der Waals surface area contributed by atoms with E-state index in [1.165, 1.54) is 0 Å². The molecule has 3 unspecified atom stereocenters. The van der Waals surface area contributed by atoms with Crippen LogP contribution in [0.1, 0.15) is 13.3 Å². The Hall–Kier alpha value is -1.19. The number of hydrogen-bond donors (Lipinski definition) is 2. The van der Waals surface area contributed by atoms with Gasteiger partial charge in [-0.2, -0.15) is 4.31 Å². The van der Waals surface area contributed by atoms with Crippen LogP contribution in [0.5, 0.6) is 0 Å². The lowest BCUT2D eigenvalue weighted by Crippen LogP contribution is -2.46. The van der Waals surface area contributed by atoms with Crippen molar-refractivity contribution in [2.24, 2.45) is 0 Å². The van der Waals surface area contributed by atoms with Crippen LogP contribution in [0.2, 0.25) is 0 Å². The second-order valence-corrected chi connectivity index (χ2v) is 6.23. The number of carbonyl (C=O) groups is 2. The van der Waals surface area contributed by atoms with Crippen molar-refractivity contribution in [3.8, 4) is 0 Å². The highest BCUT2D eigenvalue weighted by Crippen LogP contribution is 2.24. The molecule has 0 amide bonds. The van der Waals surface area contributed by atoms with Gasteiger partial charge in [-0.1, -0.05) is 0 Å². The molecule has 0 bridgehead atoms. The molecule has 1 saturated heterocycles. The molecule has 2 N–H and O–H groups in total. The lowest BCUT2D eigenvalue weighted by Gasteiger charge is -2.23. The van der Waals surface area contributed by atoms with Crippen molar-refractivity contribution >= 4 is 22.0 Å². The zero-order valence-electron chi connectivity index (χ0n) is 9.94. The van der Waals surface area contributed by atoms with E-state index in [0.29, 0.717) is 4.31 Å². The van der Waals surface area contributed by atoms with E-state index in [9.17, 15) is 23.1 Å². The van der Waals surface area contributed by atoms with Gasteiger partial charge < -0.3 is 14.9 Å². The Bertz CT molecular complexity index is 446. The average Bonchev–Trinajstić information content (AvgIpc) is 2.70. The highest BCUT2D eigenvalue weighted by molar-refractivity contribution is 7.90. The maximum absolute atomic E-state index is 12.0. The number of carbonyl (C=O) groups excluding carboxylic acids is 1. The van der Waals surface area contributed by atoms with E-state index in [0.717, 1.165) is 14.0 Å². The van der Waals surface area contributed by atoms with Crippen LogP contribution in [-0.2, 0) is 24.3 Å². The summed E-state index contributed by atoms with van der Waals surface area (Å²) in [4.78, 5) is 22.2. The number of carboxylic acids is 1. The molecule has 8 nitrogen and oxygen atoms in total. The lowest BCUT2D eigenvalue weighted by atomic mass is 10.2. The van der Waals surface area contributed by atoms with Gasteiger partial charge in [0, 0.05) is 13.0 Å². The zero-order valence-corrected chi connectivity index (χ0v) is 10.8. The molecule has 9 heteroatoms. The molecule has 1 heterocycles. The number of aliphatic hydroxyl groups excluding tert-OH is 1. The van der Waals surface area contributed by atoms with E-state index >= 15 is 0 Å². The number of hydrogen-bond acceptors (Lipinski definition) is 6. The van der Waals surface area contributed by atoms with Crippen LogP contribution in [0.15, 0.2) is 0 Å². The van der Waals surface area contributed by atoms with Gasteiger partial charge in [0.2, 0.25) is 10.0 Å². The van der Waals surface area contributed by atoms with Gasteiger partial charge in [-0.3, -0.25) is 9.59 Å². The van der Waals surface area contributed by atoms with Gasteiger partial charge in [0.1, 0.15) is 6.04 Å². The van der Waals surface area contributed by atoms with Gasteiger partial charge in [-0.15, -0.1) is 0 Å². The predicted octanol–water partition coefficient (Wildman–Crippen LogP) is -1.60. The number of carboxylic acid groups (broad SMARTS) is 1. The zero-order chi connectivity index (χ0) is 14.1. The Balaban J connectivity index is 3.04. The maximum atomic E-state index is 12.0. The summed E-state index contributed by atoms with van der Waals surface area (Å²) in [5, 5.41) is 16.8. The first kappa shape index (κ1) is 14.9. The standard InChI is InChI=1S/C9H15NO7S/c1-5(9(14)17-2)18(15,16)10-4-6(11)3-7(10)8(12)13/h5-7,11H,3-4H2,1-2H3,(H,12,13). The summed E-state index contributed by atoms with van der Waals surface area (Å²) in [7, 11) is -3.12. The van der Waals surface area contributed by atoms with E-state index in [-0.39, 0.29) is 13.0 Å². The number of aliphatic carboxylic acids is 1. The van der Waals surface area contributed by atoms with E-state index in [2.05, 4.69) is 4.74 Å². The first-order valence-electron chi connectivity index (χ1n) is 5.21. The first-order chi connectivity index (χ1) is 8.21. The van der Waals surface area contributed by atoms with Gasteiger partial charge in [0.05, 0.1) is 13.2 Å². The first-order valence-corrected chi connectivity index (χ1v) is 6.71. The SMILES string of the molecule is COC(=O)C(C)S(=O)(=O)N1CC(O)CC1C(=O)O. The second kappa shape index (κ2) is 5.21. The molecule has 0 aromatic rings. The molecule has 0 saturated carbocycles. The molecular formula is C9H15NO7S. The van der Waals surface area contributed by atoms with Crippen LogP contribution < -0.4 is 0 Å². The molecule has 0 aromatic heterocycles. The van der Waals surface area contributed by atoms with Crippen molar-refractivity contribution in [2.75, 3.05) is 13.7 Å². The molecule has 18 heavy (non-hydrogen) atoms. The fraction of sp³-hybridized carbons (Fsp3) is 0.778. The monoisotopic (exact) mass is 281 g/mol. The van der Waals surface area contributed by atoms with Crippen LogP contribution in [0.3, 0.4) is 0 Å². The quantitative estimate of drug-likeness (QED) is 0.595. The Morgan fingerprint density at radius 1 is 1.44 bits per heavy atom. The molecule has 0 aliphatic carbocycles. The summed E-state index contributed by atoms with van der Waals surface area (Å²) in [5.41, 5.74) is 0. The summed E-state index contributed by atoms with van der Waals surface area (Å²) in [6.07, 6.45) is -1.24. The van der Waals surface area contributed by atoms with Gasteiger partial charge >= 0.3 is 11.9 Å². The molecule has 1 rings (SSSR count). The molecule has 0 spiro atoms. The Morgan fingerprint density at radius 3 is 2.44 bits per heavy atom. The van der Waals surface area contributed by atoms with Crippen LogP contribution >= 0.6 is 0 Å². The van der Waals surface area contributed by atoms with Crippen LogP contribution in [0.4, 0.5) is 0 Å². The Morgan fingerprint density at radius 2 is 2.00 bits per heavy atom. The fourth-order valence-electron chi connectivity index (χ4n) is 1.78. The summed E-state index contributed by atoms with van der Waals surface area (Å²) in [6.45, 7) is 0.783. The van der Waals surface area contributed by atoms with E-state index < -0.39 is 39.4 Å². The third-order valence-corrected chi connectivity index (χ3v) is 4.97. The minimum absolute atomic E-state index is 0.192. The third kappa shape index (κ3) is 2.62. The highest BCUT2D eigenvalue weighted by Gasteiger charge is 2.46. The predicted molar refractivity (Wildman–Crippen MR) is 59.2 cm³/mol. The number of aliphatic hydroxyl groups is 1. The number of β-amino-alcohol motifs (C(OH)–C–C–N with tert-alkyl or cyclic N) is 1. The van der Waals surface area contributed by atoms with E-state index in [4.69, 9.17) is 5.11 Å². The van der Waals surface area contributed by atoms with Crippen molar-refractivity contribution in [1.29, 1.82) is 0 Å². The minimum atomic E-state index is -4.16. The summed E-state index contributed by atoms with van der Waals surface area (Å²) in [6, 6.07) is -1.35. The van der Waals surface area contributed by atoms with Gasteiger partial charge in [-0.05, 0) is 6.92 Å². The van der Waals surface area contributed by atoms with E-state index in [1.807, 2.05) is 0 Å². The van der Waals surface area contributed by atoms with E-state index in [1.54, 1.807) is 0 Å². The number of methoxy groups -OCH3 is 1. The van der Waals surface area contributed by atoms with Crippen molar-refractivity contribution in [1.82, 2.24) is 4.31 Å². The largest absolute Gasteiger partial charge is 0.480 e. The number of esters is 1. The van der Waals surface area contributed by atoms with Crippen LogP contribution in [0, 0.1) is 0 Å². The summed E-state index contributed by atoms with van der Waals surface area (Å²) in [5.74, 6) is -2.33. The fourth-order valence-corrected chi connectivity index (χ4v) is 3.44. The van der Waals surface area contributed by atoms with Crippen molar-refractivity contribution in [3.63, 3.8) is 0 Å². The molecule has 1 aliphatic heterocycles. The summed E-state index contributed by atoms with van der Waals surface area (Å²) < 4.78 is 29.1. The topological polar surface area (TPSA) is 121 Å².